The molecule has 0 N–H and O–H groups in total. The van der Waals surface area contributed by atoms with Gasteiger partial charge in [-0.1, -0.05) is 23.9 Å². The van der Waals surface area contributed by atoms with Crippen LogP contribution in [0.15, 0.2) is 105 Å². The molecule has 2 aromatic carbocycles. The van der Waals surface area contributed by atoms with E-state index >= 15 is 0 Å². The maximum absolute atomic E-state index is 12.6. The number of rotatable bonds is 4. The van der Waals surface area contributed by atoms with Crippen LogP contribution in [0.2, 0.25) is 0 Å². The van der Waals surface area contributed by atoms with Crippen molar-refractivity contribution in [3.63, 3.8) is 0 Å². The highest BCUT2D eigenvalue weighted by atomic mass is 32.2. The van der Waals surface area contributed by atoms with Gasteiger partial charge in [-0.05, 0) is 60.7 Å². The second kappa shape index (κ2) is 12.2. The van der Waals surface area contributed by atoms with E-state index in [2.05, 4.69) is 9.97 Å². The van der Waals surface area contributed by atoms with E-state index in [9.17, 15) is 34.8 Å². The molecule has 14 heteroatoms. The molecule has 204 valence electrons. The van der Waals surface area contributed by atoms with Crippen LogP contribution in [0.1, 0.15) is 22.5 Å². The first-order chi connectivity index (χ1) is 18.7. The molecule has 2 aromatic heterocycles. The molecule has 4 rings (SSSR count). The fourth-order valence-corrected chi connectivity index (χ4v) is 5.06. The van der Waals surface area contributed by atoms with Crippen molar-refractivity contribution in [2.75, 3.05) is 0 Å². The minimum Gasteiger partial charge on any atom is -0.244 e. The predicted octanol–water partition coefficient (Wildman–Crippen LogP) is 6.93. The van der Waals surface area contributed by atoms with Crippen molar-refractivity contribution < 1.29 is 34.8 Å². The second-order valence-electron chi connectivity index (χ2n) is 7.64. The zero-order valence-corrected chi connectivity index (χ0v) is 21.4. The first kappa shape index (κ1) is 30.1. The number of halogens is 6. The van der Waals surface area contributed by atoms with Crippen LogP contribution in [0.25, 0.3) is 0 Å². The van der Waals surface area contributed by atoms with Gasteiger partial charge in [-0.3, -0.25) is 0 Å². The molecular formula is C26H14F6N4O2S2. The molecule has 0 aliphatic rings. The van der Waals surface area contributed by atoms with Gasteiger partial charge >= 0.3 is 12.4 Å². The van der Waals surface area contributed by atoms with Crippen LogP contribution in [0.3, 0.4) is 0 Å². The van der Waals surface area contributed by atoms with Crippen molar-refractivity contribution in [2.45, 2.75) is 31.9 Å². The molecular weight excluding hydrogens is 578 g/mol. The highest BCUT2D eigenvalue weighted by Crippen LogP contribution is 2.34. The predicted molar refractivity (Wildman–Crippen MR) is 130 cm³/mol. The Hall–Kier alpha value is -4.40. The van der Waals surface area contributed by atoms with Crippen molar-refractivity contribution in [1.29, 1.82) is 10.5 Å². The lowest BCUT2D eigenvalue weighted by Gasteiger charge is -2.09. The zero-order valence-electron chi connectivity index (χ0n) is 19.8. The highest BCUT2D eigenvalue weighted by molar-refractivity contribution is 7.99. The molecule has 0 radical (unpaired) electrons. The van der Waals surface area contributed by atoms with Gasteiger partial charge in [-0.15, -0.1) is 0 Å². The van der Waals surface area contributed by atoms with E-state index in [-0.39, 0.29) is 16.3 Å². The molecule has 0 aliphatic carbocycles. The Morgan fingerprint density at radius 3 is 1.70 bits per heavy atom. The minimum absolute atomic E-state index is 0.0120. The number of hydrogen-bond acceptors (Lipinski definition) is 7. The van der Waals surface area contributed by atoms with Gasteiger partial charge in [0.1, 0.15) is 23.5 Å². The number of aromatic nitrogens is 2. The molecule has 0 saturated carbocycles. The first-order valence-electron chi connectivity index (χ1n) is 10.7. The van der Waals surface area contributed by atoms with Gasteiger partial charge in [-0.25, -0.2) is 18.4 Å². The molecule has 0 atom stereocenters. The molecule has 0 saturated heterocycles. The van der Waals surface area contributed by atoms with E-state index in [1.807, 2.05) is 6.07 Å². The number of pyridine rings is 2. The Labute approximate surface area is 228 Å². The Morgan fingerprint density at radius 1 is 0.650 bits per heavy atom. The van der Waals surface area contributed by atoms with E-state index in [4.69, 9.17) is 10.5 Å². The summed E-state index contributed by atoms with van der Waals surface area (Å²) < 4.78 is 99.9. The lowest BCUT2D eigenvalue weighted by atomic mass is 10.2. The summed E-state index contributed by atoms with van der Waals surface area (Å²) in [4.78, 5) is 7.85. The Bertz CT molecular complexity index is 1680. The van der Waals surface area contributed by atoms with Gasteiger partial charge in [0.05, 0.1) is 20.9 Å². The summed E-state index contributed by atoms with van der Waals surface area (Å²) in [5.41, 5.74) is -1.45. The van der Waals surface area contributed by atoms with Crippen molar-refractivity contribution in [3.8, 4) is 12.1 Å². The fraction of sp³-hybridized carbons (Fsp3) is 0.0769. The maximum atomic E-state index is 12.6. The third kappa shape index (κ3) is 7.81. The average molecular weight is 593 g/mol. The fourth-order valence-electron chi connectivity index (χ4n) is 2.96. The smallest absolute Gasteiger partial charge is 0.244 e. The summed E-state index contributed by atoms with van der Waals surface area (Å²) >= 11 is 1.17. The van der Waals surface area contributed by atoms with Gasteiger partial charge in [0.2, 0.25) is 9.84 Å². The molecule has 0 fully saturated rings. The number of nitrogens with zero attached hydrogens (tertiary/aromatic N) is 4. The summed E-state index contributed by atoms with van der Waals surface area (Å²) in [5, 5.41) is 17.2. The number of hydrogen-bond donors (Lipinski definition) is 0. The monoisotopic (exact) mass is 592 g/mol. The lowest BCUT2D eigenvalue weighted by Crippen LogP contribution is -2.08. The number of nitriles is 2. The van der Waals surface area contributed by atoms with Crippen LogP contribution in [-0.2, 0) is 22.2 Å². The van der Waals surface area contributed by atoms with Gasteiger partial charge in [0, 0.05) is 22.2 Å². The standard InChI is InChI=1S/C13H7F3N2O2S.C13H7F3N2S/c14-13(15,16)9-2-1-3-11(6-9)21(19,20)12-5-4-10(7-17)18-8-12;14-13(15,16)9-2-1-3-11(6-9)19-12-5-4-10(7-17)18-8-12/h1-6,8H;1-6,8H. The van der Waals surface area contributed by atoms with E-state index in [0.717, 1.165) is 42.6 Å². The van der Waals surface area contributed by atoms with Crippen LogP contribution in [0.4, 0.5) is 26.3 Å². The van der Waals surface area contributed by atoms with Gasteiger partial charge in [0.15, 0.2) is 0 Å². The molecule has 0 amide bonds. The summed E-state index contributed by atoms with van der Waals surface area (Å²) in [6.07, 6.45) is -6.58. The third-order valence-corrected chi connectivity index (χ3v) is 7.58. The van der Waals surface area contributed by atoms with Gasteiger partial charge < -0.3 is 0 Å². The Balaban J connectivity index is 0.000000222. The molecule has 0 bridgehead atoms. The molecule has 6 nitrogen and oxygen atoms in total. The minimum atomic E-state index is -4.63. The van der Waals surface area contributed by atoms with E-state index in [1.54, 1.807) is 18.2 Å². The summed E-state index contributed by atoms with van der Waals surface area (Å²) in [6, 6.07) is 17.6. The Morgan fingerprint density at radius 2 is 1.20 bits per heavy atom. The summed E-state index contributed by atoms with van der Waals surface area (Å²) in [7, 11) is -4.12. The van der Waals surface area contributed by atoms with Crippen molar-refractivity contribution >= 4 is 21.6 Å². The third-order valence-electron chi connectivity index (χ3n) is 4.88. The molecule has 2 heterocycles. The largest absolute Gasteiger partial charge is 0.416 e. The zero-order chi connectivity index (χ0) is 29.6. The van der Waals surface area contributed by atoms with Crippen molar-refractivity contribution in [2.24, 2.45) is 0 Å². The number of benzene rings is 2. The normalized spacial score (nSPS) is 11.5. The van der Waals surface area contributed by atoms with Crippen LogP contribution >= 0.6 is 11.8 Å². The SMILES string of the molecule is N#Cc1ccc(S(=O)(=O)c2cccc(C(F)(F)F)c2)cn1.N#Cc1ccc(Sc2cccc(C(F)(F)F)c2)cn1. The van der Waals surface area contributed by atoms with Crippen molar-refractivity contribution in [3.05, 3.63) is 108 Å². The maximum Gasteiger partial charge on any atom is 0.416 e. The van der Waals surface area contributed by atoms with Crippen LogP contribution in [0, 0.1) is 22.7 Å². The first-order valence-corrected chi connectivity index (χ1v) is 13.0. The van der Waals surface area contributed by atoms with E-state index in [1.165, 1.54) is 36.2 Å². The van der Waals surface area contributed by atoms with Gasteiger partial charge in [0.25, 0.3) is 0 Å². The quantitative estimate of drug-likeness (QED) is 0.237. The molecule has 0 spiro atoms. The van der Waals surface area contributed by atoms with Crippen LogP contribution in [-0.4, -0.2) is 18.4 Å². The molecule has 40 heavy (non-hydrogen) atoms. The van der Waals surface area contributed by atoms with E-state index < -0.39 is 38.2 Å². The number of alkyl halides is 6. The van der Waals surface area contributed by atoms with Crippen molar-refractivity contribution in [1.82, 2.24) is 9.97 Å². The molecule has 4 aromatic rings. The van der Waals surface area contributed by atoms with Crippen LogP contribution in [0.5, 0.6) is 0 Å². The summed E-state index contributed by atoms with van der Waals surface area (Å²) in [6.45, 7) is 0. The Kier molecular flexibility index (Phi) is 9.19. The number of sulfone groups is 1. The molecule has 0 aliphatic heterocycles. The topological polar surface area (TPSA) is 107 Å². The van der Waals surface area contributed by atoms with Crippen LogP contribution < -0.4 is 0 Å². The summed E-state index contributed by atoms with van der Waals surface area (Å²) in [5.74, 6) is 0. The molecule has 0 unspecified atom stereocenters. The average Bonchev–Trinajstić information content (AvgIpc) is 2.93. The second-order valence-corrected chi connectivity index (χ2v) is 10.7. The van der Waals surface area contributed by atoms with Gasteiger partial charge in [-0.2, -0.15) is 36.9 Å². The lowest BCUT2D eigenvalue weighted by molar-refractivity contribution is -0.138. The highest BCUT2D eigenvalue weighted by Gasteiger charge is 2.32. The van der Waals surface area contributed by atoms with E-state index in [0.29, 0.717) is 15.9 Å².